The van der Waals surface area contributed by atoms with Crippen molar-refractivity contribution in [3.63, 3.8) is 0 Å². The first kappa shape index (κ1) is 12.8. The zero-order valence-electron chi connectivity index (χ0n) is 9.37. The van der Waals surface area contributed by atoms with Gasteiger partial charge in [0.2, 0.25) is 0 Å². The molecule has 0 saturated heterocycles. The minimum absolute atomic E-state index is 0.00151. The highest BCUT2D eigenvalue weighted by molar-refractivity contribution is 5.95. The van der Waals surface area contributed by atoms with Crippen LogP contribution in [0.4, 0.5) is 0 Å². The number of carbonyl (C=O) groups is 3. The molecule has 1 aromatic heterocycles. The van der Waals surface area contributed by atoms with Crippen LogP contribution in [0.5, 0.6) is 0 Å². The maximum absolute atomic E-state index is 11.3. The van der Waals surface area contributed by atoms with Crippen LogP contribution < -0.4 is 0 Å². The summed E-state index contributed by atoms with van der Waals surface area (Å²) in [5.74, 6) is -1.65. The maximum Gasteiger partial charge on any atom is 0.360 e. The number of aromatic nitrogens is 3. The number of ketones is 1. The third-order valence-corrected chi connectivity index (χ3v) is 1.84. The van der Waals surface area contributed by atoms with Crippen molar-refractivity contribution in [3.8, 4) is 0 Å². The van der Waals surface area contributed by atoms with E-state index in [2.05, 4.69) is 19.8 Å². The van der Waals surface area contributed by atoms with E-state index in [4.69, 9.17) is 0 Å². The Morgan fingerprint density at radius 2 is 2.00 bits per heavy atom. The van der Waals surface area contributed by atoms with Crippen LogP contribution in [0.1, 0.15) is 16.9 Å². The normalized spacial score (nSPS) is 9.76. The van der Waals surface area contributed by atoms with Gasteiger partial charge < -0.3 is 9.47 Å². The molecule has 8 heteroatoms. The Morgan fingerprint density at radius 3 is 2.59 bits per heavy atom. The van der Waals surface area contributed by atoms with Crippen LogP contribution in [0.15, 0.2) is 6.20 Å². The molecule has 0 saturated carbocycles. The van der Waals surface area contributed by atoms with Crippen molar-refractivity contribution in [2.24, 2.45) is 0 Å². The van der Waals surface area contributed by atoms with E-state index in [1.54, 1.807) is 0 Å². The molecule has 0 N–H and O–H groups in total. The number of carbonyl (C=O) groups excluding carboxylic acids is 3. The summed E-state index contributed by atoms with van der Waals surface area (Å²) in [4.78, 5) is 33.2. The molecular formula is C9H11N3O5. The van der Waals surface area contributed by atoms with Crippen molar-refractivity contribution in [1.29, 1.82) is 0 Å². The van der Waals surface area contributed by atoms with Gasteiger partial charge in [-0.05, 0) is 0 Å². The summed E-state index contributed by atoms with van der Waals surface area (Å²) in [6.45, 7) is -0.154. The van der Waals surface area contributed by atoms with Gasteiger partial charge in [-0.1, -0.05) is 5.21 Å². The lowest BCUT2D eigenvalue weighted by Gasteiger charge is -1.98. The number of ether oxygens (including phenoxy) is 2. The van der Waals surface area contributed by atoms with Crippen LogP contribution in [0.2, 0.25) is 0 Å². The fourth-order valence-corrected chi connectivity index (χ4v) is 1.04. The average Bonchev–Trinajstić information content (AvgIpc) is 2.76. The molecule has 1 aromatic rings. The van der Waals surface area contributed by atoms with Crippen LogP contribution >= 0.6 is 0 Å². The van der Waals surface area contributed by atoms with Crippen molar-refractivity contribution in [2.75, 3.05) is 14.2 Å². The highest BCUT2D eigenvalue weighted by atomic mass is 16.5. The second-order valence-electron chi connectivity index (χ2n) is 3.08. The number of Topliss-reactive ketones (excluding diaryl/α,β-unsaturated/α-hetero) is 1. The molecular weight excluding hydrogens is 230 g/mol. The van der Waals surface area contributed by atoms with Gasteiger partial charge in [0.05, 0.1) is 20.4 Å². The Hall–Kier alpha value is -2.25. The fraction of sp³-hybridized carbons (Fsp3) is 0.444. The molecule has 0 unspecified atom stereocenters. The maximum atomic E-state index is 11.3. The number of rotatable bonds is 5. The smallest absolute Gasteiger partial charge is 0.360 e. The van der Waals surface area contributed by atoms with Crippen molar-refractivity contribution in [1.82, 2.24) is 15.0 Å². The van der Waals surface area contributed by atoms with Gasteiger partial charge >= 0.3 is 11.9 Å². The van der Waals surface area contributed by atoms with Crippen molar-refractivity contribution in [2.45, 2.75) is 13.0 Å². The number of hydrogen-bond donors (Lipinski definition) is 0. The molecule has 17 heavy (non-hydrogen) atoms. The third kappa shape index (κ3) is 3.67. The summed E-state index contributed by atoms with van der Waals surface area (Å²) < 4.78 is 9.91. The van der Waals surface area contributed by atoms with Gasteiger partial charge in [-0.3, -0.25) is 9.59 Å². The van der Waals surface area contributed by atoms with Gasteiger partial charge in [-0.15, -0.1) is 5.10 Å². The lowest BCUT2D eigenvalue weighted by atomic mass is 10.3. The Kier molecular flexibility index (Phi) is 4.32. The van der Waals surface area contributed by atoms with E-state index in [1.807, 2.05) is 0 Å². The topological polar surface area (TPSA) is 100 Å². The van der Waals surface area contributed by atoms with E-state index >= 15 is 0 Å². The molecule has 0 fully saturated rings. The summed E-state index contributed by atoms with van der Waals surface area (Å²) in [6.07, 6.45) is 0.922. The van der Waals surface area contributed by atoms with E-state index in [0.717, 1.165) is 4.68 Å². The molecule has 0 aliphatic heterocycles. The highest BCUT2D eigenvalue weighted by Gasteiger charge is 2.14. The minimum atomic E-state index is -0.642. The van der Waals surface area contributed by atoms with Crippen molar-refractivity contribution >= 4 is 17.7 Å². The third-order valence-electron chi connectivity index (χ3n) is 1.84. The monoisotopic (exact) mass is 241 g/mol. The molecule has 0 aliphatic carbocycles. The van der Waals surface area contributed by atoms with Crippen LogP contribution in [0.3, 0.4) is 0 Å². The summed E-state index contributed by atoms with van der Waals surface area (Å²) in [6, 6.07) is 0. The summed E-state index contributed by atoms with van der Waals surface area (Å²) in [5, 5.41) is 7.06. The van der Waals surface area contributed by atoms with Gasteiger partial charge in [0.25, 0.3) is 0 Å². The molecule has 0 aromatic carbocycles. The molecule has 0 aliphatic rings. The molecule has 0 atom stereocenters. The van der Waals surface area contributed by atoms with Crippen molar-refractivity contribution < 1.29 is 23.9 Å². The quantitative estimate of drug-likeness (QED) is 0.491. The van der Waals surface area contributed by atoms with Gasteiger partial charge in [0.15, 0.2) is 11.5 Å². The van der Waals surface area contributed by atoms with Gasteiger partial charge in [-0.25, -0.2) is 9.48 Å². The van der Waals surface area contributed by atoms with Gasteiger partial charge in [0.1, 0.15) is 13.0 Å². The summed E-state index contributed by atoms with van der Waals surface area (Å²) in [5.41, 5.74) is -0.00151. The van der Waals surface area contributed by atoms with Crippen LogP contribution in [-0.4, -0.2) is 46.9 Å². The largest absolute Gasteiger partial charge is 0.469 e. The standard InChI is InChI=1S/C9H11N3O5/c1-16-8(14)3-6(13)4-12-5-7(10-11-12)9(15)17-2/h5H,3-4H2,1-2H3. The summed E-state index contributed by atoms with van der Waals surface area (Å²) >= 11 is 0. The zero-order valence-corrected chi connectivity index (χ0v) is 9.37. The van der Waals surface area contributed by atoms with Crippen molar-refractivity contribution in [3.05, 3.63) is 11.9 Å². The minimum Gasteiger partial charge on any atom is -0.469 e. The average molecular weight is 241 g/mol. The lowest BCUT2D eigenvalue weighted by molar-refractivity contribution is -0.143. The van der Waals surface area contributed by atoms with Crippen LogP contribution in [0.25, 0.3) is 0 Å². The van der Waals surface area contributed by atoms with Crippen LogP contribution in [-0.2, 0) is 25.6 Å². The molecule has 8 nitrogen and oxygen atoms in total. The van der Waals surface area contributed by atoms with E-state index in [-0.39, 0.29) is 18.7 Å². The first-order valence-corrected chi connectivity index (χ1v) is 4.63. The number of hydrogen-bond acceptors (Lipinski definition) is 7. The molecule has 1 rings (SSSR count). The SMILES string of the molecule is COC(=O)CC(=O)Cn1cc(C(=O)OC)nn1. The van der Waals surface area contributed by atoms with E-state index in [1.165, 1.54) is 20.4 Å². The molecule has 0 bridgehead atoms. The number of methoxy groups -OCH3 is 2. The number of nitrogens with zero attached hydrogens (tertiary/aromatic N) is 3. The first-order valence-electron chi connectivity index (χ1n) is 4.63. The van der Waals surface area contributed by atoms with Gasteiger partial charge in [-0.2, -0.15) is 0 Å². The van der Waals surface area contributed by atoms with E-state index in [9.17, 15) is 14.4 Å². The molecule has 0 radical (unpaired) electrons. The molecule has 92 valence electrons. The molecule has 0 spiro atoms. The Bertz CT molecular complexity index is 440. The fourth-order valence-electron chi connectivity index (χ4n) is 1.04. The Labute approximate surface area is 96.5 Å². The zero-order chi connectivity index (χ0) is 12.8. The van der Waals surface area contributed by atoms with E-state index in [0.29, 0.717) is 0 Å². The van der Waals surface area contributed by atoms with Gasteiger partial charge in [0, 0.05) is 0 Å². The molecule has 1 heterocycles. The van der Waals surface area contributed by atoms with Crippen LogP contribution in [0, 0.1) is 0 Å². The van der Waals surface area contributed by atoms with E-state index < -0.39 is 17.7 Å². The second-order valence-corrected chi connectivity index (χ2v) is 3.08. The predicted molar refractivity (Wildman–Crippen MR) is 53.0 cm³/mol. The first-order chi connectivity index (χ1) is 8.06. The highest BCUT2D eigenvalue weighted by Crippen LogP contribution is 1.97. The lowest BCUT2D eigenvalue weighted by Crippen LogP contribution is -2.15. The Balaban J connectivity index is 2.57. The number of esters is 2. The predicted octanol–water partition coefficient (Wildman–Crippen LogP) is -0.803. The second kappa shape index (κ2) is 5.73. The summed E-state index contributed by atoms with van der Waals surface area (Å²) in [7, 11) is 2.41. The molecule has 0 amide bonds. The Morgan fingerprint density at radius 1 is 1.29 bits per heavy atom.